The van der Waals surface area contributed by atoms with Crippen molar-refractivity contribution in [1.29, 1.82) is 0 Å². The first-order chi connectivity index (χ1) is 6.52. The summed E-state index contributed by atoms with van der Waals surface area (Å²) >= 11 is 0. The average molecular weight is 215 g/mol. The van der Waals surface area contributed by atoms with Crippen LogP contribution in [0.3, 0.4) is 0 Å². The molecule has 2 aliphatic rings. The monoisotopic (exact) mass is 215 g/mol. The van der Waals surface area contributed by atoms with Gasteiger partial charge in [0.05, 0.1) is 5.25 Å². The quantitative estimate of drug-likeness (QED) is 0.666. The van der Waals surface area contributed by atoms with Gasteiger partial charge in [-0.3, -0.25) is 4.21 Å². The number of fused-ring (bicyclic) bond motifs is 1. The summed E-state index contributed by atoms with van der Waals surface area (Å²) in [4.78, 5) is 0. The van der Waals surface area contributed by atoms with Crippen molar-refractivity contribution in [3.05, 3.63) is 0 Å². The SMILES string of the molecule is CC1CCNC2C(CCC2(C)C)S1=O. The lowest BCUT2D eigenvalue weighted by Gasteiger charge is -2.29. The Morgan fingerprint density at radius 2 is 2.07 bits per heavy atom. The number of hydrogen-bond acceptors (Lipinski definition) is 2. The molecule has 0 spiro atoms. The van der Waals surface area contributed by atoms with E-state index < -0.39 is 10.8 Å². The van der Waals surface area contributed by atoms with Crippen LogP contribution in [0.4, 0.5) is 0 Å². The van der Waals surface area contributed by atoms with E-state index in [1.165, 1.54) is 6.42 Å². The molecule has 3 heteroatoms. The number of nitrogens with one attached hydrogen (secondary N) is 1. The minimum absolute atomic E-state index is 0.338. The van der Waals surface area contributed by atoms with Crippen LogP contribution in [0.5, 0.6) is 0 Å². The molecule has 1 N–H and O–H groups in total. The van der Waals surface area contributed by atoms with E-state index in [-0.39, 0.29) is 0 Å². The zero-order chi connectivity index (χ0) is 10.3. The van der Waals surface area contributed by atoms with Crippen molar-refractivity contribution in [2.75, 3.05) is 6.54 Å². The van der Waals surface area contributed by atoms with Crippen LogP contribution in [0.1, 0.15) is 40.0 Å². The van der Waals surface area contributed by atoms with Crippen molar-refractivity contribution in [2.24, 2.45) is 5.41 Å². The molecule has 1 saturated carbocycles. The Bertz CT molecular complexity index is 252. The van der Waals surface area contributed by atoms with Crippen molar-refractivity contribution in [1.82, 2.24) is 5.32 Å². The van der Waals surface area contributed by atoms with Crippen molar-refractivity contribution < 1.29 is 4.21 Å². The Morgan fingerprint density at radius 3 is 2.79 bits per heavy atom. The highest BCUT2D eigenvalue weighted by Gasteiger charge is 2.46. The van der Waals surface area contributed by atoms with Crippen LogP contribution in [0, 0.1) is 5.41 Å². The summed E-state index contributed by atoms with van der Waals surface area (Å²) < 4.78 is 12.2. The molecule has 4 atom stereocenters. The summed E-state index contributed by atoms with van der Waals surface area (Å²) in [6.45, 7) is 7.78. The lowest BCUT2D eigenvalue weighted by molar-refractivity contribution is 0.288. The maximum atomic E-state index is 12.2. The molecule has 0 aromatic rings. The summed E-state index contributed by atoms with van der Waals surface area (Å²) in [6, 6.07) is 0.480. The molecule has 1 aliphatic carbocycles. The predicted molar refractivity (Wildman–Crippen MR) is 60.8 cm³/mol. The maximum absolute atomic E-state index is 12.2. The molecule has 2 rings (SSSR count). The molecular formula is C11H21NOS. The first-order valence-corrected chi connectivity index (χ1v) is 6.93. The fraction of sp³-hybridized carbons (Fsp3) is 1.00. The second kappa shape index (κ2) is 3.60. The van der Waals surface area contributed by atoms with Gasteiger partial charge in [0.15, 0.2) is 0 Å². The molecule has 1 heterocycles. The molecule has 2 nitrogen and oxygen atoms in total. The van der Waals surface area contributed by atoms with E-state index >= 15 is 0 Å². The van der Waals surface area contributed by atoms with Crippen LogP contribution >= 0.6 is 0 Å². The van der Waals surface area contributed by atoms with Gasteiger partial charge in [-0.1, -0.05) is 20.8 Å². The van der Waals surface area contributed by atoms with Crippen LogP contribution in [-0.4, -0.2) is 27.3 Å². The van der Waals surface area contributed by atoms with Gasteiger partial charge in [-0.15, -0.1) is 0 Å². The Kier molecular flexibility index (Phi) is 2.73. The molecule has 2 fully saturated rings. The van der Waals surface area contributed by atoms with E-state index in [0.29, 0.717) is 22.0 Å². The molecule has 0 aromatic heterocycles. The van der Waals surface area contributed by atoms with Crippen molar-refractivity contribution in [3.63, 3.8) is 0 Å². The summed E-state index contributed by atoms with van der Waals surface area (Å²) in [5.41, 5.74) is 0.338. The van der Waals surface area contributed by atoms with E-state index in [0.717, 1.165) is 19.4 Å². The van der Waals surface area contributed by atoms with Crippen molar-refractivity contribution in [2.45, 2.75) is 56.6 Å². The zero-order valence-corrected chi connectivity index (χ0v) is 10.2. The fourth-order valence-electron chi connectivity index (χ4n) is 2.85. The third-order valence-corrected chi connectivity index (χ3v) is 6.03. The zero-order valence-electron chi connectivity index (χ0n) is 9.38. The van der Waals surface area contributed by atoms with E-state index in [1.54, 1.807) is 0 Å². The summed E-state index contributed by atoms with van der Waals surface area (Å²) in [5, 5.41) is 4.39. The predicted octanol–water partition coefficient (Wildman–Crippen LogP) is 1.67. The van der Waals surface area contributed by atoms with Gasteiger partial charge < -0.3 is 5.32 Å². The van der Waals surface area contributed by atoms with Crippen LogP contribution in [0.25, 0.3) is 0 Å². The molecule has 4 unspecified atom stereocenters. The molecule has 0 aromatic carbocycles. The van der Waals surface area contributed by atoms with Crippen LogP contribution in [0.2, 0.25) is 0 Å². The largest absolute Gasteiger partial charge is 0.312 e. The molecule has 14 heavy (non-hydrogen) atoms. The Morgan fingerprint density at radius 1 is 1.36 bits per heavy atom. The summed E-state index contributed by atoms with van der Waals surface area (Å²) in [5.74, 6) is 0. The van der Waals surface area contributed by atoms with E-state index in [2.05, 4.69) is 26.1 Å². The number of hydrogen-bond donors (Lipinski definition) is 1. The van der Waals surface area contributed by atoms with Gasteiger partial charge in [0.2, 0.25) is 0 Å². The molecule has 0 bridgehead atoms. The number of rotatable bonds is 0. The molecule has 82 valence electrons. The van der Waals surface area contributed by atoms with Crippen molar-refractivity contribution in [3.8, 4) is 0 Å². The lowest BCUT2D eigenvalue weighted by Crippen LogP contribution is -2.44. The lowest BCUT2D eigenvalue weighted by atomic mass is 9.87. The highest BCUT2D eigenvalue weighted by molar-refractivity contribution is 7.86. The maximum Gasteiger partial charge on any atom is 0.0509 e. The summed E-state index contributed by atoms with van der Waals surface area (Å²) in [6.07, 6.45) is 3.42. The Labute approximate surface area is 89.3 Å². The van der Waals surface area contributed by atoms with Gasteiger partial charge in [-0.2, -0.15) is 0 Å². The third kappa shape index (κ3) is 1.65. The standard InChI is InChI=1S/C11H21NOS/c1-8-5-7-12-10-9(14(8)13)4-6-11(10,2)3/h8-10,12H,4-7H2,1-3H3. The van der Waals surface area contributed by atoms with Gasteiger partial charge >= 0.3 is 0 Å². The Balaban J connectivity index is 2.22. The average Bonchev–Trinajstić information content (AvgIpc) is 2.32. The second-order valence-electron chi connectivity index (χ2n) is 5.43. The fourth-order valence-corrected chi connectivity index (χ4v) is 4.88. The molecule has 0 radical (unpaired) electrons. The van der Waals surface area contributed by atoms with Gasteiger partial charge in [-0.05, 0) is 31.2 Å². The van der Waals surface area contributed by atoms with E-state index in [1.807, 2.05) is 0 Å². The minimum atomic E-state index is -0.617. The van der Waals surface area contributed by atoms with Crippen LogP contribution in [0.15, 0.2) is 0 Å². The highest BCUT2D eigenvalue weighted by Crippen LogP contribution is 2.41. The molecule has 1 saturated heterocycles. The molecular weight excluding hydrogens is 194 g/mol. The third-order valence-electron chi connectivity index (χ3n) is 3.90. The van der Waals surface area contributed by atoms with Gasteiger partial charge in [0.25, 0.3) is 0 Å². The van der Waals surface area contributed by atoms with E-state index in [4.69, 9.17) is 0 Å². The van der Waals surface area contributed by atoms with Gasteiger partial charge in [0, 0.05) is 22.1 Å². The minimum Gasteiger partial charge on any atom is -0.312 e. The van der Waals surface area contributed by atoms with Gasteiger partial charge in [0.1, 0.15) is 0 Å². The normalized spacial score (nSPS) is 47.1. The second-order valence-corrected chi connectivity index (χ2v) is 7.49. The van der Waals surface area contributed by atoms with Crippen LogP contribution < -0.4 is 5.32 Å². The molecule has 0 amide bonds. The van der Waals surface area contributed by atoms with E-state index in [9.17, 15) is 4.21 Å². The Hall–Kier alpha value is 0.110. The topological polar surface area (TPSA) is 29.1 Å². The first-order valence-electron chi connectivity index (χ1n) is 5.65. The van der Waals surface area contributed by atoms with Crippen molar-refractivity contribution >= 4 is 10.8 Å². The first kappa shape index (κ1) is 10.6. The highest BCUT2D eigenvalue weighted by atomic mass is 32.2. The van der Waals surface area contributed by atoms with Gasteiger partial charge in [-0.25, -0.2) is 0 Å². The van der Waals surface area contributed by atoms with Crippen LogP contribution in [-0.2, 0) is 10.8 Å². The summed E-state index contributed by atoms with van der Waals surface area (Å²) in [7, 11) is -0.617. The molecule has 1 aliphatic heterocycles. The smallest absolute Gasteiger partial charge is 0.0509 e.